The van der Waals surface area contributed by atoms with Gasteiger partial charge in [-0.25, -0.2) is 8.42 Å². The molecule has 196 valence electrons. The fraction of sp³-hybridized carbons (Fsp3) is 0.500. The van der Waals surface area contributed by atoms with Crippen LogP contribution in [0.15, 0.2) is 53.4 Å². The van der Waals surface area contributed by atoms with Gasteiger partial charge in [-0.1, -0.05) is 41.9 Å². The minimum absolute atomic E-state index is 0.00703. The predicted molar refractivity (Wildman–Crippen MR) is 139 cm³/mol. The van der Waals surface area contributed by atoms with Crippen molar-refractivity contribution >= 4 is 27.4 Å². The number of carbonyl (C=O) groups excluding carboxylic acids is 1. The summed E-state index contributed by atoms with van der Waals surface area (Å²) in [6.45, 7) is 7.78. The molecule has 2 aliphatic rings. The highest BCUT2D eigenvalue weighted by atomic mass is 35.5. The molecule has 2 heterocycles. The molecule has 1 N–H and O–H groups in total. The van der Waals surface area contributed by atoms with E-state index in [1.165, 1.54) is 16.4 Å². The molecule has 2 aliphatic heterocycles. The summed E-state index contributed by atoms with van der Waals surface area (Å²) < 4.78 is 39.1. The third-order valence-electron chi connectivity index (χ3n) is 6.55. The highest BCUT2D eigenvalue weighted by Gasteiger charge is 2.32. The van der Waals surface area contributed by atoms with Crippen LogP contribution in [0, 0.1) is 0 Å². The Labute approximate surface area is 218 Å². The molecular formula is C26H34ClN3O5S. The Kier molecular flexibility index (Phi) is 9.16. The molecule has 4 rings (SSSR count). The third kappa shape index (κ3) is 6.52. The first kappa shape index (κ1) is 27.2. The van der Waals surface area contributed by atoms with Crippen molar-refractivity contribution < 1.29 is 22.7 Å². The van der Waals surface area contributed by atoms with Gasteiger partial charge in [0, 0.05) is 49.4 Å². The number of rotatable bonds is 9. The number of ketones is 1. The highest BCUT2D eigenvalue weighted by molar-refractivity contribution is 7.89. The molecule has 0 aromatic heterocycles. The van der Waals surface area contributed by atoms with E-state index in [0.717, 1.165) is 18.7 Å². The number of hydrogen-bond acceptors (Lipinski definition) is 7. The Bertz CT molecular complexity index is 1150. The molecule has 2 aromatic carbocycles. The minimum Gasteiger partial charge on any atom is -0.379 e. The number of morpholine rings is 2. The second-order valence-electron chi connectivity index (χ2n) is 9.35. The van der Waals surface area contributed by atoms with Crippen LogP contribution in [0.3, 0.4) is 0 Å². The van der Waals surface area contributed by atoms with Gasteiger partial charge in [0.15, 0.2) is 5.78 Å². The molecule has 3 atom stereocenters. The van der Waals surface area contributed by atoms with E-state index in [4.69, 9.17) is 21.1 Å². The molecule has 36 heavy (non-hydrogen) atoms. The van der Waals surface area contributed by atoms with Gasteiger partial charge < -0.3 is 14.8 Å². The molecule has 0 bridgehead atoms. The molecule has 2 saturated heterocycles. The summed E-state index contributed by atoms with van der Waals surface area (Å²) in [6.07, 6.45) is -0.370. The van der Waals surface area contributed by atoms with Crippen LogP contribution in [0.25, 0.3) is 0 Å². The van der Waals surface area contributed by atoms with E-state index < -0.39 is 10.0 Å². The van der Waals surface area contributed by atoms with Gasteiger partial charge in [0.25, 0.3) is 0 Å². The fourth-order valence-electron chi connectivity index (χ4n) is 4.80. The molecule has 3 unspecified atom stereocenters. The van der Waals surface area contributed by atoms with Gasteiger partial charge in [0.2, 0.25) is 10.0 Å². The summed E-state index contributed by atoms with van der Waals surface area (Å²) >= 11 is 6.50. The van der Waals surface area contributed by atoms with Gasteiger partial charge in [0.05, 0.1) is 36.9 Å². The molecule has 0 saturated carbocycles. The van der Waals surface area contributed by atoms with Crippen molar-refractivity contribution in [3.8, 4) is 0 Å². The summed E-state index contributed by atoms with van der Waals surface area (Å²) in [5.74, 6) is -0.171. The summed E-state index contributed by atoms with van der Waals surface area (Å²) in [4.78, 5) is 15.4. The average Bonchev–Trinajstić information content (AvgIpc) is 2.87. The monoisotopic (exact) mass is 535 g/mol. The molecular weight excluding hydrogens is 502 g/mol. The Morgan fingerprint density at radius 2 is 1.78 bits per heavy atom. The quantitative estimate of drug-likeness (QED) is 0.494. The van der Waals surface area contributed by atoms with Crippen LogP contribution < -0.4 is 5.32 Å². The van der Waals surface area contributed by atoms with E-state index >= 15 is 0 Å². The SMILES string of the molecule is CC1CN(S(=O)(=O)c2cccc(C(=O)CNCC(c3ccccc3Cl)N3CCOCC3)c2)CC(C)O1. The first-order valence-corrected chi connectivity index (χ1v) is 14.1. The van der Waals surface area contributed by atoms with Gasteiger partial charge in [0.1, 0.15) is 0 Å². The van der Waals surface area contributed by atoms with Crippen LogP contribution >= 0.6 is 11.6 Å². The summed E-state index contributed by atoms with van der Waals surface area (Å²) in [6, 6.07) is 14.0. The smallest absolute Gasteiger partial charge is 0.243 e. The van der Waals surface area contributed by atoms with Crippen molar-refractivity contribution in [2.75, 3.05) is 52.5 Å². The van der Waals surface area contributed by atoms with Crippen molar-refractivity contribution in [2.24, 2.45) is 0 Å². The number of ether oxygens (including phenoxy) is 2. The van der Waals surface area contributed by atoms with Crippen molar-refractivity contribution in [3.05, 3.63) is 64.7 Å². The molecule has 2 aromatic rings. The Hall–Kier alpha value is -1.85. The number of nitrogens with one attached hydrogen (secondary N) is 1. The standard InChI is InChI=1S/C26H34ClN3O5S/c1-19-17-30(18-20(2)35-19)36(32,33)22-7-5-6-21(14-22)26(31)16-28-15-25(29-10-12-34-13-11-29)23-8-3-4-9-24(23)27/h3-9,14,19-20,25,28H,10-13,15-18H2,1-2H3. The zero-order valence-electron chi connectivity index (χ0n) is 20.7. The molecule has 8 nitrogen and oxygen atoms in total. The lowest BCUT2D eigenvalue weighted by Gasteiger charge is -2.35. The van der Waals surface area contributed by atoms with Crippen molar-refractivity contribution in [2.45, 2.75) is 37.0 Å². The fourth-order valence-corrected chi connectivity index (χ4v) is 6.70. The van der Waals surface area contributed by atoms with Crippen LogP contribution in [0.4, 0.5) is 0 Å². The number of benzene rings is 2. The van der Waals surface area contributed by atoms with Crippen molar-refractivity contribution in [3.63, 3.8) is 0 Å². The minimum atomic E-state index is -3.73. The third-order valence-corrected chi connectivity index (χ3v) is 8.73. The lowest BCUT2D eigenvalue weighted by Crippen LogP contribution is -2.48. The number of sulfonamides is 1. The first-order chi connectivity index (χ1) is 17.3. The molecule has 0 amide bonds. The highest BCUT2D eigenvalue weighted by Crippen LogP contribution is 2.28. The van der Waals surface area contributed by atoms with E-state index in [-0.39, 0.29) is 48.6 Å². The van der Waals surface area contributed by atoms with Crippen LogP contribution in [0.5, 0.6) is 0 Å². The summed E-state index contributed by atoms with van der Waals surface area (Å²) in [5, 5.41) is 3.96. The van der Waals surface area contributed by atoms with Crippen LogP contribution in [0.1, 0.15) is 35.8 Å². The van der Waals surface area contributed by atoms with Gasteiger partial charge in [-0.2, -0.15) is 4.31 Å². The first-order valence-electron chi connectivity index (χ1n) is 12.3. The topological polar surface area (TPSA) is 88.2 Å². The van der Waals surface area contributed by atoms with Crippen LogP contribution in [-0.4, -0.2) is 88.1 Å². The van der Waals surface area contributed by atoms with E-state index in [1.807, 2.05) is 38.1 Å². The second kappa shape index (κ2) is 12.1. The number of carbonyl (C=O) groups is 1. The van der Waals surface area contributed by atoms with Crippen LogP contribution in [0.2, 0.25) is 5.02 Å². The second-order valence-corrected chi connectivity index (χ2v) is 11.7. The van der Waals surface area contributed by atoms with Crippen molar-refractivity contribution in [1.82, 2.24) is 14.5 Å². The maximum atomic E-state index is 13.2. The number of Topliss-reactive ketones (excluding diaryl/α,β-unsaturated/α-hetero) is 1. The number of nitrogens with zero attached hydrogens (tertiary/aromatic N) is 2. The molecule has 2 fully saturated rings. The molecule has 0 radical (unpaired) electrons. The Balaban J connectivity index is 1.43. The maximum absolute atomic E-state index is 13.2. The van der Waals surface area contributed by atoms with Crippen LogP contribution in [-0.2, 0) is 19.5 Å². The molecule has 0 spiro atoms. The predicted octanol–water partition coefficient (Wildman–Crippen LogP) is 2.98. The van der Waals surface area contributed by atoms with E-state index in [1.54, 1.807) is 12.1 Å². The molecule has 10 heteroatoms. The average molecular weight is 536 g/mol. The van der Waals surface area contributed by atoms with E-state index in [0.29, 0.717) is 30.3 Å². The number of halogens is 1. The molecule has 0 aliphatic carbocycles. The summed E-state index contributed by atoms with van der Waals surface area (Å²) in [5.41, 5.74) is 1.36. The lowest BCUT2D eigenvalue weighted by atomic mass is 10.0. The largest absolute Gasteiger partial charge is 0.379 e. The summed E-state index contributed by atoms with van der Waals surface area (Å²) in [7, 11) is -3.73. The Morgan fingerprint density at radius 1 is 1.08 bits per heavy atom. The van der Waals surface area contributed by atoms with Gasteiger partial charge in [-0.15, -0.1) is 0 Å². The van der Waals surface area contributed by atoms with Gasteiger partial charge in [-0.3, -0.25) is 9.69 Å². The normalized spacial score (nSPS) is 22.9. The lowest BCUT2D eigenvalue weighted by molar-refractivity contribution is -0.0440. The van der Waals surface area contributed by atoms with Gasteiger partial charge in [-0.05, 0) is 37.6 Å². The maximum Gasteiger partial charge on any atom is 0.243 e. The van der Waals surface area contributed by atoms with E-state index in [2.05, 4.69) is 10.2 Å². The zero-order chi connectivity index (χ0) is 25.7. The van der Waals surface area contributed by atoms with E-state index in [9.17, 15) is 13.2 Å². The van der Waals surface area contributed by atoms with Gasteiger partial charge >= 0.3 is 0 Å². The number of hydrogen-bond donors (Lipinski definition) is 1. The Morgan fingerprint density at radius 3 is 2.47 bits per heavy atom. The van der Waals surface area contributed by atoms with Crippen molar-refractivity contribution in [1.29, 1.82) is 0 Å². The zero-order valence-corrected chi connectivity index (χ0v) is 22.3.